The van der Waals surface area contributed by atoms with Gasteiger partial charge in [-0.2, -0.15) is 0 Å². The fourth-order valence-electron chi connectivity index (χ4n) is 9.32. The van der Waals surface area contributed by atoms with Crippen molar-refractivity contribution in [2.24, 2.45) is 0 Å². The Balaban J connectivity index is 1.08. The molecule has 1 aliphatic heterocycles. The molecule has 9 aromatic rings. The molecule has 5 heteroatoms. The molecule has 318 valence electrons. The van der Waals surface area contributed by atoms with Crippen LogP contribution in [-0.4, -0.2) is 16.2 Å². The Kier molecular flexibility index (Phi) is 9.98. The number of pyridine rings is 1. The molecule has 0 spiro atoms. The Bertz CT molecular complexity index is 3170. The molecule has 0 saturated heterocycles. The average molecular weight is 837 g/mol. The van der Waals surface area contributed by atoms with Gasteiger partial charge in [-0.15, -0.1) is 0 Å². The minimum absolute atomic E-state index is 0.0156. The van der Waals surface area contributed by atoms with Crippen LogP contribution in [0.25, 0.3) is 38.8 Å². The van der Waals surface area contributed by atoms with E-state index in [-0.39, 0.29) is 16.2 Å². The summed E-state index contributed by atoms with van der Waals surface area (Å²) in [6.07, 6.45) is 1.94. The fraction of sp³-hybridized carbons (Fsp3) is 0.203. The predicted octanol–water partition coefficient (Wildman–Crippen LogP) is 15.8. The number of benzene rings is 7. The standard InChI is InChI=1S/C59H56N4O/c1-57(2,3)42-23-17-24-45(33-42)62-39-61(53-28-18-26-49(56(53)62)40-19-11-9-12-20-40)46-34-44(58(4,5)6)35-48(37-46)64-47-29-30-51-50-25-15-16-27-52(50)63(54(51)38-47)55-36-43(31-32-60-55)59(7,8)41-21-13-10-14-22-41/h9-38H,39H2,1-8H3. The molecule has 0 bridgehead atoms. The van der Waals surface area contributed by atoms with Crippen molar-refractivity contribution in [3.63, 3.8) is 0 Å². The van der Waals surface area contributed by atoms with Gasteiger partial charge in [-0.25, -0.2) is 4.98 Å². The van der Waals surface area contributed by atoms with Gasteiger partial charge in [-0.05, 0) is 99.3 Å². The van der Waals surface area contributed by atoms with Crippen LogP contribution >= 0.6 is 0 Å². The van der Waals surface area contributed by atoms with Crippen molar-refractivity contribution < 1.29 is 4.74 Å². The van der Waals surface area contributed by atoms with Gasteiger partial charge in [0.15, 0.2) is 0 Å². The van der Waals surface area contributed by atoms with Crippen LogP contribution in [-0.2, 0) is 16.2 Å². The maximum Gasteiger partial charge on any atom is 0.137 e. The highest BCUT2D eigenvalue weighted by molar-refractivity contribution is 6.09. The molecule has 0 amide bonds. The first-order valence-corrected chi connectivity index (χ1v) is 22.5. The van der Waals surface area contributed by atoms with Crippen molar-refractivity contribution >= 4 is 44.6 Å². The van der Waals surface area contributed by atoms with Gasteiger partial charge in [0.1, 0.15) is 24.0 Å². The summed E-state index contributed by atoms with van der Waals surface area (Å²) in [6, 6.07) is 63.4. The number of ether oxygens (including phenoxy) is 1. The zero-order chi connectivity index (χ0) is 44.4. The molecule has 0 unspecified atom stereocenters. The molecule has 0 fully saturated rings. The highest BCUT2D eigenvalue weighted by Gasteiger charge is 2.33. The van der Waals surface area contributed by atoms with Crippen molar-refractivity contribution in [1.82, 2.24) is 9.55 Å². The molecule has 1 aliphatic rings. The highest BCUT2D eigenvalue weighted by Crippen LogP contribution is 2.51. The third kappa shape index (κ3) is 7.39. The summed E-state index contributed by atoms with van der Waals surface area (Å²) in [5.41, 5.74) is 13.8. The molecule has 2 aromatic heterocycles. The second-order valence-corrected chi connectivity index (χ2v) is 19.8. The van der Waals surface area contributed by atoms with E-state index in [0.717, 1.165) is 45.1 Å². The summed E-state index contributed by atoms with van der Waals surface area (Å²) >= 11 is 0. The zero-order valence-electron chi connectivity index (χ0n) is 38.2. The molecule has 0 aliphatic carbocycles. The third-order valence-corrected chi connectivity index (χ3v) is 13.1. The summed E-state index contributed by atoms with van der Waals surface area (Å²) in [6.45, 7) is 18.9. The second-order valence-electron chi connectivity index (χ2n) is 19.8. The lowest BCUT2D eigenvalue weighted by atomic mass is 9.78. The molecular formula is C59H56N4O. The maximum absolute atomic E-state index is 7.02. The van der Waals surface area contributed by atoms with Gasteiger partial charge in [0.05, 0.1) is 22.4 Å². The average Bonchev–Trinajstić information content (AvgIpc) is 3.85. The molecule has 0 atom stereocenters. The second kappa shape index (κ2) is 15.6. The van der Waals surface area contributed by atoms with Crippen molar-refractivity contribution in [3.8, 4) is 28.4 Å². The first-order valence-electron chi connectivity index (χ1n) is 22.5. The zero-order valence-corrected chi connectivity index (χ0v) is 38.2. The summed E-state index contributed by atoms with van der Waals surface area (Å²) in [5, 5.41) is 2.33. The number of fused-ring (bicyclic) bond motifs is 4. The van der Waals surface area contributed by atoms with E-state index in [1.165, 1.54) is 50.1 Å². The van der Waals surface area contributed by atoms with Crippen LogP contribution in [0.2, 0.25) is 0 Å². The van der Waals surface area contributed by atoms with E-state index in [1.54, 1.807) is 0 Å². The van der Waals surface area contributed by atoms with Crippen LogP contribution in [0.15, 0.2) is 182 Å². The lowest BCUT2D eigenvalue weighted by Gasteiger charge is -2.27. The van der Waals surface area contributed by atoms with E-state index >= 15 is 0 Å². The summed E-state index contributed by atoms with van der Waals surface area (Å²) in [7, 11) is 0. The molecule has 7 aromatic carbocycles. The lowest BCUT2D eigenvalue weighted by molar-refractivity contribution is 0.479. The summed E-state index contributed by atoms with van der Waals surface area (Å²) < 4.78 is 9.30. The Hall–Kier alpha value is -7.11. The van der Waals surface area contributed by atoms with E-state index in [0.29, 0.717) is 6.67 Å². The van der Waals surface area contributed by atoms with Gasteiger partial charge >= 0.3 is 0 Å². The number of nitrogens with zero attached hydrogens (tertiary/aromatic N) is 4. The van der Waals surface area contributed by atoms with Crippen LogP contribution in [0.4, 0.5) is 22.7 Å². The quantitative estimate of drug-likeness (QED) is 0.153. The maximum atomic E-state index is 7.02. The fourth-order valence-corrected chi connectivity index (χ4v) is 9.32. The third-order valence-electron chi connectivity index (χ3n) is 13.1. The van der Waals surface area contributed by atoms with Gasteiger partial charge in [0, 0.05) is 51.5 Å². The normalized spacial score (nSPS) is 13.2. The molecular weight excluding hydrogens is 781 g/mol. The molecule has 10 rings (SSSR count). The first-order chi connectivity index (χ1) is 30.7. The Morgan fingerprint density at radius 3 is 1.91 bits per heavy atom. The van der Waals surface area contributed by atoms with Crippen molar-refractivity contribution in [1.29, 1.82) is 0 Å². The van der Waals surface area contributed by atoms with Crippen molar-refractivity contribution in [2.45, 2.75) is 71.6 Å². The molecule has 0 N–H and O–H groups in total. The van der Waals surface area contributed by atoms with Gasteiger partial charge in [0.25, 0.3) is 0 Å². The highest BCUT2D eigenvalue weighted by atomic mass is 16.5. The van der Waals surface area contributed by atoms with Crippen LogP contribution in [0.5, 0.6) is 11.5 Å². The number of hydrogen-bond acceptors (Lipinski definition) is 4. The molecule has 0 saturated carbocycles. The number of para-hydroxylation sites is 2. The molecule has 0 radical (unpaired) electrons. The van der Waals surface area contributed by atoms with Crippen LogP contribution in [0.3, 0.4) is 0 Å². The van der Waals surface area contributed by atoms with Gasteiger partial charge in [0.2, 0.25) is 0 Å². The molecule has 64 heavy (non-hydrogen) atoms. The topological polar surface area (TPSA) is 33.5 Å². The Labute approximate surface area is 378 Å². The van der Waals surface area contributed by atoms with Crippen LogP contribution < -0.4 is 14.5 Å². The number of rotatable bonds is 8. The first kappa shape index (κ1) is 40.9. The summed E-state index contributed by atoms with van der Waals surface area (Å²) in [4.78, 5) is 9.93. The smallest absolute Gasteiger partial charge is 0.137 e. The minimum Gasteiger partial charge on any atom is -0.457 e. The largest absolute Gasteiger partial charge is 0.457 e. The van der Waals surface area contributed by atoms with E-state index < -0.39 is 0 Å². The molecule has 3 heterocycles. The van der Waals surface area contributed by atoms with Gasteiger partial charge < -0.3 is 14.5 Å². The van der Waals surface area contributed by atoms with E-state index in [2.05, 4.69) is 246 Å². The lowest BCUT2D eigenvalue weighted by Crippen LogP contribution is -2.25. The number of aromatic nitrogens is 2. The number of hydrogen-bond donors (Lipinski definition) is 0. The Morgan fingerprint density at radius 1 is 0.469 bits per heavy atom. The minimum atomic E-state index is -0.214. The van der Waals surface area contributed by atoms with Gasteiger partial charge in [-0.1, -0.05) is 159 Å². The summed E-state index contributed by atoms with van der Waals surface area (Å²) in [5.74, 6) is 2.44. The predicted molar refractivity (Wildman–Crippen MR) is 269 cm³/mol. The van der Waals surface area contributed by atoms with E-state index in [9.17, 15) is 0 Å². The monoisotopic (exact) mass is 836 g/mol. The van der Waals surface area contributed by atoms with Crippen LogP contribution in [0.1, 0.15) is 77.6 Å². The SMILES string of the molecule is CC(C)(C)c1cc(Oc2ccc3c4ccccc4n(-c4cc(C(C)(C)c5ccccc5)ccn4)c3c2)cc(N2CN(c3cccc(C(C)(C)C)c3)c3c(-c4ccccc4)cccc32)c1. The van der Waals surface area contributed by atoms with E-state index in [4.69, 9.17) is 9.72 Å². The van der Waals surface area contributed by atoms with Gasteiger partial charge in [-0.3, -0.25) is 4.57 Å². The Morgan fingerprint density at radius 2 is 1.14 bits per heavy atom. The van der Waals surface area contributed by atoms with E-state index in [1.807, 2.05) is 6.20 Å². The molecule has 5 nitrogen and oxygen atoms in total. The van der Waals surface area contributed by atoms with Crippen LogP contribution in [0, 0.1) is 0 Å². The van der Waals surface area contributed by atoms with Crippen molar-refractivity contribution in [3.05, 3.63) is 204 Å². The number of anilines is 4. The van der Waals surface area contributed by atoms with Crippen molar-refractivity contribution in [2.75, 3.05) is 16.5 Å².